The van der Waals surface area contributed by atoms with E-state index in [0.717, 1.165) is 0 Å². The van der Waals surface area contributed by atoms with E-state index in [4.69, 9.17) is 39.6 Å². The van der Waals surface area contributed by atoms with Gasteiger partial charge in [-0.1, -0.05) is 0 Å². The fraction of sp³-hybridized carbons (Fsp3) is 1.00. The summed E-state index contributed by atoms with van der Waals surface area (Å²) in [5, 5.41) is 6.60. The van der Waals surface area contributed by atoms with E-state index < -0.39 is 11.6 Å². The molecule has 0 aromatic rings. The van der Waals surface area contributed by atoms with E-state index in [1.165, 1.54) is 0 Å². The lowest BCUT2D eigenvalue weighted by Crippen LogP contribution is -1.63. The molecule has 1 nitrogen and oxygen atoms in total. The van der Waals surface area contributed by atoms with Gasteiger partial charge in [0.25, 0.3) is 0 Å². The Labute approximate surface area is 51.6 Å². The number of rotatable bonds is 1. The number of halogens is 3. The molecular weight excluding hydrogens is 163 g/mol. The van der Waals surface area contributed by atoms with Crippen LogP contribution in [0.3, 0.4) is 0 Å². The third-order valence-corrected chi connectivity index (χ3v) is 2.87. The first-order valence-corrected chi connectivity index (χ1v) is 4.28. The molecule has 0 fully saturated rings. The maximum atomic E-state index is 6.60. The first-order valence-electron chi connectivity index (χ1n) is 1.09. The molecule has 0 saturated heterocycles. The molecule has 0 rings (SSSR count). The Hall–Kier alpha value is 0.970. The Morgan fingerprint density at radius 3 is 1.67 bits per heavy atom. The SMILES string of the molecule is N=[P+](Cl)C(Cl)Cl. The second kappa shape index (κ2) is 3.04. The molecule has 0 amide bonds. The van der Waals surface area contributed by atoms with Crippen molar-refractivity contribution in [2.24, 2.45) is 0 Å². The van der Waals surface area contributed by atoms with Crippen LogP contribution in [0.15, 0.2) is 0 Å². The van der Waals surface area contributed by atoms with Crippen molar-refractivity contribution >= 4 is 41.5 Å². The van der Waals surface area contributed by atoms with Crippen molar-refractivity contribution in [3.05, 3.63) is 0 Å². The molecule has 0 aliphatic rings. The van der Waals surface area contributed by atoms with Crippen LogP contribution in [-0.2, 0) is 0 Å². The van der Waals surface area contributed by atoms with Crippen LogP contribution in [0, 0.1) is 5.16 Å². The highest BCUT2D eigenvalue weighted by atomic mass is 35.7. The molecule has 0 aromatic heterocycles. The van der Waals surface area contributed by atoms with Gasteiger partial charge in [0.1, 0.15) is 0 Å². The van der Waals surface area contributed by atoms with Gasteiger partial charge < -0.3 is 0 Å². The van der Waals surface area contributed by atoms with Crippen molar-refractivity contribution in [1.29, 1.82) is 5.16 Å². The highest BCUT2D eigenvalue weighted by Crippen LogP contribution is 2.38. The van der Waals surface area contributed by atoms with E-state index in [0.29, 0.717) is 0 Å². The molecule has 1 atom stereocenters. The van der Waals surface area contributed by atoms with Gasteiger partial charge in [0.15, 0.2) is 11.2 Å². The van der Waals surface area contributed by atoms with Crippen molar-refractivity contribution in [3.8, 4) is 0 Å². The summed E-state index contributed by atoms with van der Waals surface area (Å²) >= 11 is 15.3. The van der Waals surface area contributed by atoms with E-state index >= 15 is 0 Å². The quantitative estimate of drug-likeness (QED) is 0.456. The van der Waals surface area contributed by atoms with Crippen molar-refractivity contribution in [1.82, 2.24) is 0 Å². The van der Waals surface area contributed by atoms with Crippen LogP contribution >= 0.6 is 41.5 Å². The summed E-state index contributed by atoms with van der Waals surface area (Å²) in [6, 6.07) is 0. The highest BCUT2D eigenvalue weighted by molar-refractivity contribution is 7.77. The minimum atomic E-state index is -1.41. The summed E-state index contributed by atoms with van der Waals surface area (Å²) in [7, 11) is -1.41. The van der Waals surface area contributed by atoms with Crippen LogP contribution in [0.2, 0.25) is 0 Å². The zero-order valence-electron chi connectivity index (χ0n) is 2.66. The van der Waals surface area contributed by atoms with E-state index in [2.05, 4.69) is 0 Å². The second-order valence-electron chi connectivity index (χ2n) is 0.589. The normalized spacial score (nSPS) is 12.3. The Balaban J connectivity index is 3.26. The largest absolute Gasteiger partial charge is 0.350 e. The van der Waals surface area contributed by atoms with Gasteiger partial charge in [-0.3, -0.25) is 0 Å². The van der Waals surface area contributed by atoms with Gasteiger partial charge in [0.05, 0.1) is 0 Å². The molecule has 0 aliphatic carbocycles. The van der Waals surface area contributed by atoms with Gasteiger partial charge in [-0.05, 0) is 23.2 Å². The summed E-state index contributed by atoms with van der Waals surface area (Å²) in [6.07, 6.45) is 0. The summed E-state index contributed by atoms with van der Waals surface area (Å²) < 4.78 is -0.707. The first-order chi connectivity index (χ1) is 2.64. The van der Waals surface area contributed by atoms with Gasteiger partial charge in [-0.25, -0.2) is 0 Å². The summed E-state index contributed by atoms with van der Waals surface area (Å²) in [5.74, 6) is 0. The molecule has 0 aromatic carbocycles. The molecule has 5 heteroatoms. The molecule has 1 N–H and O–H groups in total. The van der Waals surface area contributed by atoms with Gasteiger partial charge in [-0.2, -0.15) is 0 Å². The van der Waals surface area contributed by atoms with E-state index in [1.54, 1.807) is 0 Å². The summed E-state index contributed by atoms with van der Waals surface area (Å²) in [5.41, 5.74) is 0. The smallest absolute Gasteiger partial charge is 0.105 e. The Bertz CT molecular complexity index is 61.8. The van der Waals surface area contributed by atoms with Crippen molar-refractivity contribution in [2.75, 3.05) is 0 Å². The third-order valence-electron chi connectivity index (χ3n) is 0.171. The standard InChI is InChI=1S/CH2Cl3NP/c2-1(3)6(4)5/h1,5H/q+1. The van der Waals surface area contributed by atoms with Gasteiger partial charge in [0.2, 0.25) is 0 Å². The predicted molar refractivity (Wildman–Crippen MR) is 31.0 cm³/mol. The maximum Gasteiger partial charge on any atom is 0.350 e. The third kappa shape index (κ3) is 3.17. The molecule has 0 heterocycles. The lowest BCUT2D eigenvalue weighted by atomic mass is 11.9. The molecule has 0 radical (unpaired) electrons. The topological polar surface area (TPSA) is 23.9 Å². The van der Waals surface area contributed by atoms with Crippen LogP contribution in [0.4, 0.5) is 0 Å². The predicted octanol–water partition coefficient (Wildman–Crippen LogP) is 3.15. The zero-order valence-corrected chi connectivity index (χ0v) is 5.82. The highest BCUT2D eigenvalue weighted by Gasteiger charge is 2.15. The van der Waals surface area contributed by atoms with Crippen LogP contribution in [0.5, 0.6) is 0 Å². The van der Waals surface area contributed by atoms with E-state index in [-0.39, 0.29) is 0 Å². The fourth-order valence-corrected chi connectivity index (χ4v) is 0. The lowest BCUT2D eigenvalue weighted by Gasteiger charge is -1.71. The molecule has 0 saturated carbocycles. The molecule has 0 bridgehead atoms. The molecule has 0 aliphatic heterocycles. The zero-order chi connectivity index (χ0) is 5.15. The number of alkyl halides is 2. The molecular formula is CH2Cl3NP+. The minimum Gasteiger partial charge on any atom is -0.105 e. The van der Waals surface area contributed by atoms with Crippen molar-refractivity contribution in [3.63, 3.8) is 0 Å². The maximum absolute atomic E-state index is 6.60. The average molecular weight is 165 g/mol. The Morgan fingerprint density at radius 1 is 1.50 bits per heavy atom. The number of hydrogen-bond acceptors (Lipinski definition) is 1. The van der Waals surface area contributed by atoms with E-state index in [1.807, 2.05) is 0 Å². The molecule has 36 valence electrons. The average Bonchev–Trinajstić information content (AvgIpc) is 1.36. The van der Waals surface area contributed by atoms with Gasteiger partial charge in [-0.15, -0.1) is 5.16 Å². The number of hydrogen-bond donors (Lipinski definition) is 1. The molecule has 6 heavy (non-hydrogen) atoms. The molecule has 0 spiro atoms. The fourth-order valence-electron chi connectivity index (χ4n) is 0. The lowest BCUT2D eigenvalue weighted by molar-refractivity contribution is 1.62. The first kappa shape index (κ1) is 6.97. The number of nitrogens with one attached hydrogen (secondary N) is 1. The monoisotopic (exact) mass is 164 g/mol. The van der Waals surface area contributed by atoms with Crippen LogP contribution in [-0.4, -0.2) is 4.58 Å². The molecule has 1 unspecified atom stereocenters. The van der Waals surface area contributed by atoms with Crippen molar-refractivity contribution < 1.29 is 0 Å². The van der Waals surface area contributed by atoms with Gasteiger partial charge >= 0.3 is 11.6 Å². The second-order valence-corrected chi connectivity index (χ2v) is 4.53. The van der Waals surface area contributed by atoms with Crippen LogP contribution in [0.1, 0.15) is 0 Å². The summed E-state index contributed by atoms with van der Waals surface area (Å²) in [4.78, 5) is 0. The van der Waals surface area contributed by atoms with Crippen LogP contribution < -0.4 is 0 Å². The van der Waals surface area contributed by atoms with Crippen LogP contribution in [0.25, 0.3) is 0 Å². The minimum absolute atomic E-state index is 0.707. The van der Waals surface area contributed by atoms with Gasteiger partial charge in [0, 0.05) is 0 Å². The van der Waals surface area contributed by atoms with E-state index in [9.17, 15) is 0 Å². The summed E-state index contributed by atoms with van der Waals surface area (Å²) in [6.45, 7) is 0. The Morgan fingerprint density at radius 2 is 1.67 bits per heavy atom. The Kier molecular flexibility index (Phi) is 3.53. The van der Waals surface area contributed by atoms with Crippen molar-refractivity contribution in [2.45, 2.75) is 4.58 Å².